The van der Waals surface area contributed by atoms with Crippen molar-refractivity contribution < 1.29 is 9.53 Å². The molecule has 1 aliphatic rings. The molecule has 1 amide bonds. The zero-order chi connectivity index (χ0) is 18.4. The van der Waals surface area contributed by atoms with Crippen LogP contribution in [0.1, 0.15) is 28.7 Å². The molecule has 2 aromatic rings. The van der Waals surface area contributed by atoms with Crippen LogP contribution in [0, 0.1) is 6.92 Å². The van der Waals surface area contributed by atoms with Crippen molar-refractivity contribution in [3.05, 3.63) is 41.2 Å². The summed E-state index contributed by atoms with van der Waals surface area (Å²) in [5, 5.41) is 11.5. The van der Waals surface area contributed by atoms with Crippen LogP contribution in [0.4, 0.5) is 0 Å². The first-order valence-electron chi connectivity index (χ1n) is 9.08. The molecule has 0 unspecified atom stereocenters. The van der Waals surface area contributed by atoms with Crippen molar-refractivity contribution in [1.29, 1.82) is 0 Å². The molecular weight excluding hydrogens is 332 g/mol. The maximum atomic E-state index is 12.7. The van der Waals surface area contributed by atoms with E-state index in [-0.39, 0.29) is 5.91 Å². The maximum absolute atomic E-state index is 12.7. The lowest BCUT2D eigenvalue weighted by molar-refractivity contribution is 0.0565. The molecule has 1 aromatic heterocycles. The molecule has 0 saturated carbocycles. The Morgan fingerprint density at radius 2 is 1.88 bits per heavy atom. The Hall–Kier alpha value is -2.32. The molecule has 0 aliphatic carbocycles. The van der Waals surface area contributed by atoms with E-state index >= 15 is 0 Å². The molecule has 8 nitrogen and oxygen atoms in total. The second-order valence-corrected chi connectivity index (χ2v) is 6.41. The van der Waals surface area contributed by atoms with Crippen LogP contribution in [0.5, 0.6) is 0 Å². The molecular formula is C18H26N6O2. The highest BCUT2D eigenvalue weighted by Gasteiger charge is 2.21. The van der Waals surface area contributed by atoms with E-state index in [9.17, 15) is 4.79 Å². The fraction of sp³-hybridized carbons (Fsp3) is 0.556. The largest absolute Gasteiger partial charge is 0.380 e. The zero-order valence-corrected chi connectivity index (χ0v) is 15.5. The first-order valence-corrected chi connectivity index (χ1v) is 9.08. The Kier molecular flexibility index (Phi) is 6.30. The van der Waals surface area contributed by atoms with Gasteiger partial charge in [0.2, 0.25) is 0 Å². The molecule has 2 heterocycles. The lowest BCUT2D eigenvalue weighted by Crippen LogP contribution is -2.49. The van der Waals surface area contributed by atoms with Crippen molar-refractivity contribution in [2.75, 3.05) is 45.9 Å². The number of amides is 1. The van der Waals surface area contributed by atoms with Crippen molar-refractivity contribution in [3.8, 4) is 0 Å². The van der Waals surface area contributed by atoms with Crippen LogP contribution in [-0.4, -0.2) is 81.9 Å². The van der Waals surface area contributed by atoms with Crippen LogP contribution in [0.25, 0.3) is 0 Å². The first kappa shape index (κ1) is 18.5. The van der Waals surface area contributed by atoms with Crippen molar-refractivity contribution in [3.63, 3.8) is 0 Å². The summed E-state index contributed by atoms with van der Waals surface area (Å²) in [6.07, 6.45) is 0. The summed E-state index contributed by atoms with van der Waals surface area (Å²) >= 11 is 0. The van der Waals surface area contributed by atoms with Gasteiger partial charge in [-0.05, 0) is 42.0 Å². The lowest BCUT2D eigenvalue weighted by atomic mass is 10.1. The summed E-state index contributed by atoms with van der Waals surface area (Å²) in [5.41, 5.74) is 1.79. The van der Waals surface area contributed by atoms with Crippen LogP contribution in [0.15, 0.2) is 24.3 Å². The Balaban J connectivity index is 1.51. The van der Waals surface area contributed by atoms with Crippen molar-refractivity contribution >= 4 is 5.91 Å². The van der Waals surface area contributed by atoms with Crippen molar-refractivity contribution in [2.24, 2.45) is 0 Å². The molecule has 8 heteroatoms. The molecule has 26 heavy (non-hydrogen) atoms. The van der Waals surface area contributed by atoms with Crippen LogP contribution in [-0.2, 0) is 11.3 Å². The number of carbonyl (C=O) groups excluding carboxylic acids is 1. The Morgan fingerprint density at radius 3 is 2.50 bits per heavy atom. The fourth-order valence-electron chi connectivity index (χ4n) is 3.02. The van der Waals surface area contributed by atoms with E-state index < -0.39 is 0 Å². The minimum Gasteiger partial charge on any atom is -0.380 e. The maximum Gasteiger partial charge on any atom is 0.253 e. The molecule has 0 N–H and O–H groups in total. The van der Waals surface area contributed by atoms with E-state index in [1.165, 1.54) is 0 Å². The van der Waals surface area contributed by atoms with Crippen molar-refractivity contribution in [2.45, 2.75) is 20.4 Å². The molecule has 3 rings (SSSR count). The van der Waals surface area contributed by atoms with Gasteiger partial charge < -0.3 is 9.64 Å². The van der Waals surface area contributed by atoms with Crippen LogP contribution < -0.4 is 0 Å². The highest BCUT2D eigenvalue weighted by molar-refractivity contribution is 5.94. The van der Waals surface area contributed by atoms with Crippen molar-refractivity contribution in [1.82, 2.24) is 30.0 Å². The molecule has 1 aromatic carbocycles. The third-order valence-electron chi connectivity index (χ3n) is 4.66. The summed E-state index contributed by atoms with van der Waals surface area (Å²) in [4.78, 5) is 17.0. The van der Waals surface area contributed by atoms with E-state index in [2.05, 4.69) is 20.4 Å². The van der Waals surface area contributed by atoms with Gasteiger partial charge in [0.05, 0.1) is 13.2 Å². The summed E-state index contributed by atoms with van der Waals surface area (Å²) in [7, 11) is 0. The first-order chi connectivity index (χ1) is 12.7. The molecule has 1 fully saturated rings. The van der Waals surface area contributed by atoms with Gasteiger partial charge in [0, 0.05) is 44.9 Å². The SMILES string of the molecule is CCOCCN1CCN(C(=O)c2ccc(Cn3nnnc3C)cc2)CC1. The number of benzene rings is 1. The van der Waals surface area contributed by atoms with Gasteiger partial charge in [0.1, 0.15) is 5.82 Å². The number of aryl methyl sites for hydroxylation is 1. The van der Waals surface area contributed by atoms with Gasteiger partial charge in [-0.25, -0.2) is 4.68 Å². The summed E-state index contributed by atoms with van der Waals surface area (Å²) in [5.74, 6) is 0.868. The second kappa shape index (κ2) is 8.86. The predicted octanol–water partition coefficient (Wildman–Crippen LogP) is 0.824. The Morgan fingerprint density at radius 1 is 1.15 bits per heavy atom. The average Bonchev–Trinajstić information content (AvgIpc) is 3.07. The van der Waals surface area contributed by atoms with E-state index in [4.69, 9.17) is 4.74 Å². The zero-order valence-electron chi connectivity index (χ0n) is 15.5. The number of ether oxygens (including phenoxy) is 1. The van der Waals surface area contributed by atoms with Gasteiger partial charge in [-0.1, -0.05) is 12.1 Å². The van der Waals surface area contributed by atoms with E-state index in [1.54, 1.807) is 4.68 Å². The third-order valence-corrected chi connectivity index (χ3v) is 4.66. The molecule has 1 aliphatic heterocycles. The number of aromatic nitrogens is 4. The quantitative estimate of drug-likeness (QED) is 0.682. The topological polar surface area (TPSA) is 76.4 Å². The third kappa shape index (κ3) is 4.64. The van der Waals surface area contributed by atoms with Gasteiger partial charge >= 0.3 is 0 Å². The normalized spacial score (nSPS) is 15.4. The number of hydrogen-bond donors (Lipinski definition) is 0. The number of tetrazole rings is 1. The smallest absolute Gasteiger partial charge is 0.253 e. The summed E-state index contributed by atoms with van der Waals surface area (Å²) < 4.78 is 7.13. The summed E-state index contributed by atoms with van der Waals surface area (Å²) in [6, 6.07) is 7.71. The van der Waals surface area contributed by atoms with Crippen LogP contribution >= 0.6 is 0 Å². The van der Waals surface area contributed by atoms with Gasteiger partial charge in [-0.3, -0.25) is 9.69 Å². The molecule has 1 saturated heterocycles. The number of rotatable bonds is 7. The minimum absolute atomic E-state index is 0.0969. The Bertz CT molecular complexity index is 707. The number of carbonyl (C=O) groups is 1. The lowest BCUT2D eigenvalue weighted by Gasteiger charge is -2.34. The van der Waals surface area contributed by atoms with Crippen LogP contribution in [0.3, 0.4) is 0 Å². The van der Waals surface area contributed by atoms with Crippen LogP contribution in [0.2, 0.25) is 0 Å². The monoisotopic (exact) mass is 358 g/mol. The Labute approximate surface area is 153 Å². The highest BCUT2D eigenvalue weighted by atomic mass is 16.5. The molecule has 0 radical (unpaired) electrons. The van der Waals surface area contributed by atoms with Gasteiger partial charge in [-0.15, -0.1) is 5.10 Å². The number of piperazine rings is 1. The number of nitrogens with zero attached hydrogens (tertiary/aromatic N) is 6. The minimum atomic E-state index is 0.0969. The van der Waals surface area contributed by atoms with E-state index in [0.29, 0.717) is 6.54 Å². The second-order valence-electron chi connectivity index (χ2n) is 6.41. The molecule has 140 valence electrons. The van der Waals surface area contributed by atoms with Gasteiger partial charge in [-0.2, -0.15) is 0 Å². The van der Waals surface area contributed by atoms with Gasteiger partial charge in [0.25, 0.3) is 5.91 Å². The van der Waals surface area contributed by atoms with Gasteiger partial charge in [0.15, 0.2) is 0 Å². The molecule has 0 spiro atoms. The molecule has 0 bridgehead atoms. The van der Waals surface area contributed by atoms with E-state index in [0.717, 1.165) is 62.9 Å². The average molecular weight is 358 g/mol. The standard InChI is InChI=1S/C18H26N6O2/c1-3-26-13-12-22-8-10-23(11-9-22)18(25)17-6-4-16(5-7-17)14-24-15(2)19-20-21-24/h4-7H,3,8-14H2,1-2H3. The fourth-order valence-corrected chi connectivity index (χ4v) is 3.02. The predicted molar refractivity (Wildman–Crippen MR) is 96.9 cm³/mol. The molecule has 0 atom stereocenters. The van der Waals surface area contributed by atoms with E-state index in [1.807, 2.05) is 43.0 Å². The number of hydrogen-bond acceptors (Lipinski definition) is 6. The summed E-state index contributed by atoms with van der Waals surface area (Å²) in [6.45, 7) is 10.2. The highest BCUT2D eigenvalue weighted by Crippen LogP contribution is 2.11.